The summed E-state index contributed by atoms with van der Waals surface area (Å²) in [6.45, 7) is 0. The van der Waals surface area contributed by atoms with Crippen LogP contribution in [0.4, 0.5) is 5.69 Å². The van der Waals surface area contributed by atoms with Gasteiger partial charge in [-0.2, -0.15) is 5.10 Å². The van der Waals surface area contributed by atoms with Gasteiger partial charge in [0, 0.05) is 24.6 Å². The molecule has 0 aromatic heterocycles. The van der Waals surface area contributed by atoms with Gasteiger partial charge in [-0.15, -0.1) is 0 Å². The monoisotopic (exact) mass is 287 g/mol. The highest BCUT2D eigenvalue weighted by Gasteiger charge is 2.18. The summed E-state index contributed by atoms with van der Waals surface area (Å²) >= 11 is 0. The van der Waals surface area contributed by atoms with Crippen LogP contribution in [0.3, 0.4) is 0 Å². The van der Waals surface area contributed by atoms with E-state index in [9.17, 15) is 14.4 Å². The van der Waals surface area contributed by atoms with E-state index in [1.165, 1.54) is 6.08 Å². The lowest BCUT2D eigenvalue weighted by Crippen LogP contribution is -2.32. The van der Waals surface area contributed by atoms with Crippen LogP contribution in [0.25, 0.3) is 6.08 Å². The fourth-order valence-electron chi connectivity index (χ4n) is 1.69. The number of carbonyl (C=O) groups excluding carboxylic acids is 2. The molecule has 2 amide bonds. The van der Waals surface area contributed by atoms with E-state index in [-0.39, 0.29) is 23.9 Å². The van der Waals surface area contributed by atoms with Crippen LogP contribution < -0.4 is 10.7 Å². The molecular formula is C14H13N3O4. The van der Waals surface area contributed by atoms with Gasteiger partial charge in [-0.1, -0.05) is 12.1 Å². The van der Waals surface area contributed by atoms with Crippen molar-refractivity contribution >= 4 is 35.3 Å². The van der Waals surface area contributed by atoms with Gasteiger partial charge in [0.15, 0.2) is 0 Å². The van der Waals surface area contributed by atoms with Crippen molar-refractivity contribution in [2.45, 2.75) is 12.8 Å². The maximum Gasteiger partial charge on any atom is 0.328 e. The Kier molecular flexibility index (Phi) is 4.45. The number of amides is 2. The number of rotatable bonds is 4. The largest absolute Gasteiger partial charge is 0.478 e. The average molecular weight is 287 g/mol. The predicted octanol–water partition coefficient (Wildman–Crippen LogP) is 0.989. The van der Waals surface area contributed by atoms with Gasteiger partial charge in [-0.25, -0.2) is 10.2 Å². The Hall–Kier alpha value is -2.96. The average Bonchev–Trinajstić information content (AvgIpc) is 2.47. The molecule has 3 N–H and O–H groups in total. The molecule has 0 spiro atoms. The Morgan fingerprint density at radius 1 is 1.24 bits per heavy atom. The lowest BCUT2D eigenvalue weighted by Gasteiger charge is -2.12. The summed E-state index contributed by atoms with van der Waals surface area (Å²) in [7, 11) is 0. The van der Waals surface area contributed by atoms with Gasteiger partial charge in [0.1, 0.15) is 5.71 Å². The molecule has 0 aliphatic carbocycles. The van der Waals surface area contributed by atoms with Crippen molar-refractivity contribution in [1.82, 2.24) is 5.43 Å². The number of nitrogens with zero attached hydrogens (tertiary/aromatic N) is 1. The van der Waals surface area contributed by atoms with Crippen LogP contribution in [-0.2, 0) is 14.4 Å². The molecule has 7 heteroatoms. The second-order valence-electron chi connectivity index (χ2n) is 4.34. The molecule has 0 saturated carbocycles. The zero-order valence-corrected chi connectivity index (χ0v) is 11.0. The van der Waals surface area contributed by atoms with Crippen molar-refractivity contribution in [3.63, 3.8) is 0 Å². The zero-order valence-electron chi connectivity index (χ0n) is 11.0. The molecule has 21 heavy (non-hydrogen) atoms. The summed E-state index contributed by atoms with van der Waals surface area (Å²) in [5, 5.41) is 14.9. The minimum Gasteiger partial charge on any atom is -0.478 e. The number of hydrazone groups is 1. The number of carboxylic acids is 1. The second kappa shape index (κ2) is 6.47. The Morgan fingerprint density at radius 2 is 1.95 bits per heavy atom. The summed E-state index contributed by atoms with van der Waals surface area (Å²) in [4.78, 5) is 33.2. The van der Waals surface area contributed by atoms with E-state index < -0.39 is 5.97 Å². The first-order valence-electron chi connectivity index (χ1n) is 6.22. The molecule has 0 radical (unpaired) electrons. The minimum absolute atomic E-state index is 0.207. The lowest BCUT2D eigenvalue weighted by molar-refractivity contribution is -0.131. The van der Waals surface area contributed by atoms with E-state index >= 15 is 0 Å². The van der Waals surface area contributed by atoms with Crippen LogP contribution in [0.5, 0.6) is 0 Å². The van der Waals surface area contributed by atoms with Crippen LogP contribution in [0.15, 0.2) is 35.4 Å². The Bertz CT molecular complexity index is 632. The molecule has 1 aromatic carbocycles. The number of nitrogens with one attached hydrogen (secondary N) is 2. The zero-order chi connectivity index (χ0) is 15.2. The SMILES string of the molecule is O=C(O)/C=C/c1ccc(NC(=O)C2=NNC(=O)CC2)cc1. The molecule has 0 unspecified atom stereocenters. The first-order valence-corrected chi connectivity index (χ1v) is 6.22. The maximum absolute atomic E-state index is 11.9. The molecule has 1 aromatic rings. The smallest absolute Gasteiger partial charge is 0.328 e. The van der Waals surface area contributed by atoms with Crippen LogP contribution in [0.1, 0.15) is 18.4 Å². The third-order valence-electron chi connectivity index (χ3n) is 2.75. The van der Waals surface area contributed by atoms with Crippen molar-refractivity contribution in [2.75, 3.05) is 5.32 Å². The predicted molar refractivity (Wildman–Crippen MR) is 76.6 cm³/mol. The normalized spacial score (nSPS) is 14.5. The van der Waals surface area contributed by atoms with Crippen molar-refractivity contribution in [1.29, 1.82) is 0 Å². The molecule has 1 aliphatic rings. The third kappa shape index (κ3) is 4.27. The maximum atomic E-state index is 11.9. The van der Waals surface area contributed by atoms with Gasteiger partial charge >= 0.3 is 5.97 Å². The molecular weight excluding hydrogens is 274 g/mol. The van der Waals surface area contributed by atoms with E-state index in [0.717, 1.165) is 6.08 Å². The standard InChI is InChI=1S/C14H13N3O4/c18-12-7-6-11(16-17-12)14(21)15-10-4-1-9(2-5-10)3-8-13(19)20/h1-5,8H,6-7H2,(H,15,21)(H,17,18)(H,19,20)/b8-3+. The number of carboxylic acid groups (broad SMARTS) is 1. The number of anilines is 1. The molecule has 0 atom stereocenters. The van der Waals surface area contributed by atoms with Crippen molar-refractivity contribution < 1.29 is 19.5 Å². The molecule has 0 saturated heterocycles. The number of aliphatic carboxylic acids is 1. The quantitative estimate of drug-likeness (QED) is 0.717. The van der Waals surface area contributed by atoms with Gasteiger partial charge < -0.3 is 10.4 Å². The molecule has 0 fully saturated rings. The van der Waals surface area contributed by atoms with Crippen LogP contribution in [0, 0.1) is 0 Å². The van der Waals surface area contributed by atoms with Crippen molar-refractivity contribution in [3.05, 3.63) is 35.9 Å². The van der Waals surface area contributed by atoms with E-state index in [0.29, 0.717) is 17.7 Å². The molecule has 7 nitrogen and oxygen atoms in total. The topological polar surface area (TPSA) is 108 Å². The van der Waals surface area contributed by atoms with Gasteiger partial charge in [0.25, 0.3) is 5.91 Å². The fraction of sp³-hybridized carbons (Fsp3) is 0.143. The minimum atomic E-state index is -1.02. The second-order valence-corrected chi connectivity index (χ2v) is 4.34. The summed E-state index contributed by atoms with van der Waals surface area (Å²) in [6.07, 6.45) is 3.03. The first-order chi connectivity index (χ1) is 10.0. The number of hydrogen-bond acceptors (Lipinski definition) is 4. The Balaban J connectivity index is 1.98. The highest BCUT2D eigenvalue weighted by molar-refractivity contribution is 6.43. The first kappa shape index (κ1) is 14.4. The highest BCUT2D eigenvalue weighted by atomic mass is 16.4. The molecule has 1 aliphatic heterocycles. The van der Waals surface area contributed by atoms with Crippen LogP contribution >= 0.6 is 0 Å². The summed E-state index contributed by atoms with van der Waals surface area (Å²) in [5.74, 6) is -1.60. The van der Waals surface area contributed by atoms with E-state index in [1.54, 1.807) is 24.3 Å². The van der Waals surface area contributed by atoms with Gasteiger partial charge in [-0.3, -0.25) is 9.59 Å². The van der Waals surface area contributed by atoms with E-state index in [1.807, 2.05) is 0 Å². The molecule has 108 valence electrons. The van der Waals surface area contributed by atoms with Crippen LogP contribution in [0.2, 0.25) is 0 Å². The fourth-order valence-corrected chi connectivity index (χ4v) is 1.69. The van der Waals surface area contributed by atoms with E-state index in [4.69, 9.17) is 5.11 Å². The van der Waals surface area contributed by atoms with Crippen molar-refractivity contribution in [2.24, 2.45) is 5.10 Å². The molecule has 0 bridgehead atoms. The van der Waals surface area contributed by atoms with Crippen LogP contribution in [-0.4, -0.2) is 28.6 Å². The van der Waals surface area contributed by atoms with Gasteiger partial charge in [-0.05, 0) is 23.8 Å². The third-order valence-corrected chi connectivity index (χ3v) is 2.75. The Morgan fingerprint density at radius 3 is 2.52 bits per heavy atom. The number of hydrogen-bond donors (Lipinski definition) is 3. The van der Waals surface area contributed by atoms with E-state index in [2.05, 4.69) is 15.8 Å². The summed E-state index contributed by atoms with van der Waals surface area (Å²) in [5.41, 5.74) is 3.79. The number of carbonyl (C=O) groups is 3. The summed E-state index contributed by atoms with van der Waals surface area (Å²) < 4.78 is 0. The molecule has 2 rings (SSSR count). The number of benzene rings is 1. The summed E-state index contributed by atoms with van der Waals surface area (Å²) in [6, 6.07) is 6.67. The molecule has 1 heterocycles. The highest BCUT2D eigenvalue weighted by Crippen LogP contribution is 2.12. The van der Waals surface area contributed by atoms with Crippen molar-refractivity contribution in [3.8, 4) is 0 Å². The Labute approximate surface area is 120 Å². The van der Waals surface area contributed by atoms with Gasteiger partial charge in [0.2, 0.25) is 5.91 Å². The lowest BCUT2D eigenvalue weighted by atomic mass is 10.1. The van der Waals surface area contributed by atoms with Gasteiger partial charge in [0.05, 0.1) is 0 Å².